The van der Waals surface area contributed by atoms with Crippen LogP contribution in [-0.4, -0.2) is 20.2 Å². The van der Waals surface area contributed by atoms with Gasteiger partial charge in [0.2, 0.25) is 0 Å². The Hall–Kier alpha value is -0.940. The molecule has 0 radical (unpaired) electrons. The van der Waals surface area contributed by atoms with Gasteiger partial charge >= 0.3 is 10.2 Å². The van der Waals surface area contributed by atoms with E-state index in [2.05, 4.69) is 0 Å². The van der Waals surface area contributed by atoms with E-state index in [1.165, 1.54) is 0 Å². The monoisotopic (exact) mass is 231 g/mol. The highest BCUT2D eigenvalue weighted by Gasteiger charge is 2.14. The summed E-state index contributed by atoms with van der Waals surface area (Å²) < 4.78 is 33.0. The van der Waals surface area contributed by atoms with Gasteiger partial charge in [0.15, 0.2) is 0 Å². The van der Waals surface area contributed by atoms with Crippen molar-refractivity contribution in [3.8, 4) is 0 Å². The molecule has 0 saturated carbocycles. The molecule has 5 heteroatoms. The maximum absolute atomic E-state index is 12.3. The Morgan fingerprint density at radius 1 is 1.47 bits per heavy atom. The molecule has 2 N–H and O–H groups in total. The molecule has 0 aliphatic heterocycles. The van der Waals surface area contributed by atoms with Crippen LogP contribution in [-0.2, 0) is 16.6 Å². The second-order valence-electron chi connectivity index (χ2n) is 3.66. The van der Waals surface area contributed by atoms with Crippen molar-refractivity contribution in [3.63, 3.8) is 0 Å². The Bertz CT molecular complexity index is 431. The topological polar surface area (TPSA) is 60.2 Å². The predicted molar refractivity (Wildman–Crippen MR) is 57.8 cm³/mol. The first-order chi connectivity index (χ1) is 6.87. The summed E-state index contributed by atoms with van der Waals surface area (Å²) in [4.78, 5) is 0. The van der Waals surface area contributed by atoms with Crippen LogP contribution in [0.1, 0.15) is 11.1 Å². The second-order valence-corrected chi connectivity index (χ2v) is 5.07. The van der Waals surface area contributed by atoms with Gasteiger partial charge < -0.3 is 5.73 Å². The zero-order chi connectivity index (χ0) is 11.5. The molecule has 0 bridgehead atoms. The zero-order valence-corrected chi connectivity index (χ0v) is 9.30. The van der Waals surface area contributed by atoms with E-state index in [0.29, 0.717) is 6.42 Å². The van der Waals surface area contributed by atoms with E-state index in [-0.39, 0.29) is 0 Å². The third-order valence-electron chi connectivity index (χ3n) is 1.99. The van der Waals surface area contributed by atoms with Gasteiger partial charge in [-0.15, -0.1) is 3.89 Å². The molecule has 0 aliphatic rings. The van der Waals surface area contributed by atoms with Gasteiger partial charge in [-0.05, 0) is 18.9 Å². The molecule has 0 fully saturated rings. The lowest BCUT2D eigenvalue weighted by Gasteiger charge is -2.09. The lowest BCUT2D eigenvalue weighted by Crippen LogP contribution is -2.30. The minimum absolute atomic E-state index is 0.366. The Kier molecular flexibility index (Phi) is 3.82. The van der Waals surface area contributed by atoms with Crippen LogP contribution in [0.4, 0.5) is 3.89 Å². The molecule has 1 atom stereocenters. The maximum atomic E-state index is 12.3. The Balaban J connectivity index is 2.63. The van der Waals surface area contributed by atoms with Crippen LogP contribution in [0.25, 0.3) is 0 Å². The fourth-order valence-corrected chi connectivity index (χ4v) is 2.09. The van der Waals surface area contributed by atoms with Crippen LogP contribution < -0.4 is 5.73 Å². The van der Waals surface area contributed by atoms with E-state index in [0.717, 1.165) is 11.1 Å². The van der Waals surface area contributed by atoms with Crippen molar-refractivity contribution >= 4 is 10.2 Å². The standard InChI is InChI=1S/C10H14FNO2S/c1-8-3-2-4-9(5-8)6-10(12)7-15(11,13)14/h2-5,10H,6-7,12H2,1H3. The van der Waals surface area contributed by atoms with Gasteiger partial charge in [0.1, 0.15) is 0 Å². The third-order valence-corrected chi connectivity index (χ3v) is 2.82. The van der Waals surface area contributed by atoms with Crippen LogP contribution in [0.5, 0.6) is 0 Å². The summed E-state index contributed by atoms with van der Waals surface area (Å²) in [6, 6.07) is 6.85. The Labute approximate surface area is 89.3 Å². The van der Waals surface area contributed by atoms with Crippen LogP contribution in [0, 0.1) is 6.92 Å². The van der Waals surface area contributed by atoms with Crippen molar-refractivity contribution in [1.82, 2.24) is 0 Å². The van der Waals surface area contributed by atoms with E-state index in [1.807, 2.05) is 31.2 Å². The van der Waals surface area contributed by atoms with Crippen molar-refractivity contribution in [1.29, 1.82) is 0 Å². The highest BCUT2D eigenvalue weighted by atomic mass is 32.3. The number of rotatable bonds is 4. The summed E-state index contributed by atoms with van der Waals surface area (Å²) in [7, 11) is -4.48. The summed E-state index contributed by atoms with van der Waals surface area (Å²) in [6.07, 6.45) is 0.366. The molecule has 1 aromatic rings. The Morgan fingerprint density at radius 2 is 2.13 bits per heavy atom. The molecule has 1 unspecified atom stereocenters. The number of halogens is 1. The van der Waals surface area contributed by atoms with Gasteiger partial charge in [-0.3, -0.25) is 0 Å². The molecular formula is C10H14FNO2S. The SMILES string of the molecule is Cc1cccc(CC(N)CS(=O)(=O)F)c1. The third kappa shape index (κ3) is 4.90. The van der Waals surface area contributed by atoms with Gasteiger partial charge in [0.25, 0.3) is 0 Å². The lowest BCUT2D eigenvalue weighted by molar-refractivity contribution is 0.542. The van der Waals surface area contributed by atoms with E-state index < -0.39 is 22.0 Å². The van der Waals surface area contributed by atoms with Crippen molar-refractivity contribution < 1.29 is 12.3 Å². The van der Waals surface area contributed by atoms with E-state index in [9.17, 15) is 12.3 Å². The molecule has 0 saturated heterocycles. The summed E-state index contributed by atoms with van der Waals surface area (Å²) in [5, 5.41) is 0. The minimum Gasteiger partial charge on any atom is -0.326 e. The smallest absolute Gasteiger partial charge is 0.303 e. The molecular weight excluding hydrogens is 217 g/mol. The van der Waals surface area contributed by atoms with Gasteiger partial charge in [0.05, 0.1) is 5.75 Å². The number of hydrogen-bond donors (Lipinski definition) is 1. The van der Waals surface area contributed by atoms with Crippen molar-refractivity contribution in [2.24, 2.45) is 5.73 Å². The van der Waals surface area contributed by atoms with Crippen molar-refractivity contribution in [2.75, 3.05) is 5.75 Å². The average molecular weight is 231 g/mol. The van der Waals surface area contributed by atoms with Gasteiger partial charge in [0, 0.05) is 6.04 Å². The van der Waals surface area contributed by atoms with Crippen molar-refractivity contribution in [2.45, 2.75) is 19.4 Å². The quantitative estimate of drug-likeness (QED) is 0.791. The fraction of sp³-hybridized carbons (Fsp3) is 0.400. The largest absolute Gasteiger partial charge is 0.326 e. The Morgan fingerprint density at radius 3 is 2.67 bits per heavy atom. The number of nitrogens with two attached hydrogens (primary N) is 1. The summed E-state index contributed by atoms with van der Waals surface area (Å²) in [6.45, 7) is 1.93. The average Bonchev–Trinajstić information content (AvgIpc) is 1.99. The zero-order valence-electron chi connectivity index (χ0n) is 8.48. The molecule has 84 valence electrons. The van der Waals surface area contributed by atoms with Crippen LogP contribution >= 0.6 is 0 Å². The molecule has 0 aliphatic carbocycles. The number of aryl methyl sites for hydroxylation is 1. The minimum atomic E-state index is -4.48. The first-order valence-corrected chi connectivity index (χ1v) is 6.15. The van der Waals surface area contributed by atoms with Gasteiger partial charge in [-0.2, -0.15) is 8.42 Å². The van der Waals surface area contributed by atoms with Crippen LogP contribution in [0.15, 0.2) is 24.3 Å². The first-order valence-electron chi connectivity index (χ1n) is 4.60. The van der Waals surface area contributed by atoms with Gasteiger partial charge in [-0.1, -0.05) is 29.8 Å². The molecule has 1 rings (SSSR count). The number of hydrogen-bond acceptors (Lipinski definition) is 3. The molecule has 0 heterocycles. The van der Waals surface area contributed by atoms with Crippen molar-refractivity contribution in [3.05, 3.63) is 35.4 Å². The normalized spacial score (nSPS) is 13.8. The summed E-state index contributed by atoms with van der Waals surface area (Å²) >= 11 is 0. The highest BCUT2D eigenvalue weighted by Crippen LogP contribution is 2.07. The lowest BCUT2D eigenvalue weighted by atomic mass is 10.1. The molecule has 0 aromatic heterocycles. The highest BCUT2D eigenvalue weighted by molar-refractivity contribution is 7.86. The second kappa shape index (κ2) is 4.72. The number of benzene rings is 1. The fourth-order valence-electron chi connectivity index (χ4n) is 1.46. The van der Waals surface area contributed by atoms with Gasteiger partial charge in [-0.25, -0.2) is 0 Å². The predicted octanol–water partition coefficient (Wildman–Crippen LogP) is 1.16. The summed E-state index contributed by atoms with van der Waals surface area (Å²) in [5.74, 6) is -0.624. The van der Waals surface area contributed by atoms with E-state index in [1.54, 1.807) is 0 Å². The maximum Gasteiger partial charge on any atom is 0.303 e. The molecule has 3 nitrogen and oxygen atoms in total. The first kappa shape index (κ1) is 12.1. The van der Waals surface area contributed by atoms with E-state index >= 15 is 0 Å². The summed E-state index contributed by atoms with van der Waals surface area (Å²) in [5.41, 5.74) is 7.52. The molecule has 15 heavy (non-hydrogen) atoms. The molecule has 1 aromatic carbocycles. The van der Waals surface area contributed by atoms with Crippen LogP contribution in [0.3, 0.4) is 0 Å². The molecule has 0 amide bonds. The van der Waals surface area contributed by atoms with E-state index in [4.69, 9.17) is 5.73 Å². The molecule has 0 spiro atoms. The van der Waals surface area contributed by atoms with Crippen LogP contribution in [0.2, 0.25) is 0 Å².